The van der Waals surface area contributed by atoms with E-state index in [1.807, 2.05) is 55.0 Å². The number of nitrogens with zero attached hydrogens (tertiary/aromatic N) is 3. The zero-order valence-corrected chi connectivity index (χ0v) is 14.7. The Morgan fingerprint density at radius 3 is 2.41 bits per heavy atom. The van der Waals surface area contributed by atoms with Crippen LogP contribution >= 0.6 is 0 Å². The van der Waals surface area contributed by atoms with E-state index in [2.05, 4.69) is 56.3 Å². The van der Waals surface area contributed by atoms with Gasteiger partial charge in [0, 0.05) is 29.5 Å². The van der Waals surface area contributed by atoms with E-state index < -0.39 is 0 Å². The molecule has 2 heterocycles. The van der Waals surface area contributed by atoms with Gasteiger partial charge < -0.3 is 5.32 Å². The minimum absolute atomic E-state index is 0.763. The fraction of sp³-hybridized carbons (Fsp3) is 0.0435. The van der Waals surface area contributed by atoms with Crippen molar-refractivity contribution in [3.8, 4) is 5.69 Å². The van der Waals surface area contributed by atoms with Gasteiger partial charge in [-0.1, -0.05) is 42.5 Å². The molecule has 0 fully saturated rings. The molecule has 4 nitrogen and oxygen atoms in total. The topological polar surface area (TPSA) is 42.7 Å². The van der Waals surface area contributed by atoms with Gasteiger partial charge in [-0.05, 0) is 42.0 Å². The summed E-state index contributed by atoms with van der Waals surface area (Å²) in [6.07, 6.45) is 3.72. The minimum atomic E-state index is 0.763. The van der Waals surface area contributed by atoms with Crippen molar-refractivity contribution in [1.82, 2.24) is 14.5 Å². The van der Waals surface area contributed by atoms with E-state index in [1.54, 1.807) is 0 Å². The van der Waals surface area contributed by atoms with Gasteiger partial charge in [-0.2, -0.15) is 0 Å². The molecule has 0 saturated heterocycles. The molecule has 0 aliphatic carbocycles. The molecular weight excluding hydrogens is 332 g/mol. The molecule has 0 atom stereocenters. The molecule has 0 aliphatic rings. The molecular formula is C23H18N4. The lowest BCUT2D eigenvalue weighted by molar-refractivity contribution is 1.08. The van der Waals surface area contributed by atoms with Gasteiger partial charge in [0.1, 0.15) is 6.33 Å². The average Bonchev–Trinajstić information content (AvgIpc) is 3.17. The van der Waals surface area contributed by atoms with Gasteiger partial charge in [0.15, 0.2) is 0 Å². The number of pyridine rings is 1. The van der Waals surface area contributed by atoms with Crippen molar-refractivity contribution in [3.63, 3.8) is 0 Å². The molecule has 0 bridgehead atoms. The number of fused-ring (bicyclic) bond motifs is 2. The first kappa shape index (κ1) is 15.6. The highest BCUT2D eigenvalue weighted by Gasteiger charge is 2.05. The molecule has 0 aliphatic heterocycles. The molecule has 4 heteroatoms. The summed E-state index contributed by atoms with van der Waals surface area (Å²) in [5.74, 6) is 0. The van der Waals surface area contributed by atoms with Crippen molar-refractivity contribution in [2.24, 2.45) is 0 Å². The van der Waals surface area contributed by atoms with Crippen LogP contribution in [0.1, 0.15) is 5.56 Å². The van der Waals surface area contributed by atoms with Crippen LogP contribution in [0.2, 0.25) is 0 Å². The van der Waals surface area contributed by atoms with E-state index >= 15 is 0 Å². The predicted octanol–water partition coefficient (Wildman–Crippen LogP) is 5.19. The minimum Gasteiger partial charge on any atom is -0.380 e. The van der Waals surface area contributed by atoms with Crippen molar-refractivity contribution in [2.45, 2.75) is 6.54 Å². The Hall–Kier alpha value is -3.66. The van der Waals surface area contributed by atoms with Crippen molar-refractivity contribution >= 4 is 27.6 Å². The summed E-state index contributed by atoms with van der Waals surface area (Å²) in [5, 5.41) is 4.67. The summed E-state index contributed by atoms with van der Waals surface area (Å²) in [5.41, 5.74) is 6.57. The second-order valence-electron chi connectivity index (χ2n) is 6.50. The number of aromatic nitrogens is 3. The normalized spacial score (nSPS) is 11.1. The van der Waals surface area contributed by atoms with E-state index in [-0.39, 0.29) is 0 Å². The predicted molar refractivity (Wildman–Crippen MR) is 110 cm³/mol. The van der Waals surface area contributed by atoms with Gasteiger partial charge in [0.2, 0.25) is 0 Å². The SMILES string of the molecule is c1ccc2c(NCc3ccc(-n4cnc5ccccc54)cc3)ccnc2c1. The van der Waals surface area contributed by atoms with Crippen LogP contribution in [-0.4, -0.2) is 14.5 Å². The smallest absolute Gasteiger partial charge is 0.100 e. The summed E-state index contributed by atoms with van der Waals surface area (Å²) in [7, 11) is 0. The maximum atomic E-state index is 4.47. The third kappa shape index (κ3) is 2.91. The van der Waals surface area contributed by atoms with Crippen LogP contribution in [-0.2, 0) is 6.54 Å². The third-order valence-electron chi connectivity index (χ3n) is 4.80. The molecule has 0 saturated carbocycles. The molecule has 0 amide bonds. The average molecular weight is 350 g/mol. The summed E-state index contributed by atoms with van der Waals surface area (Å²) in [6.45, 7) is 0.763. The first-order chi connectivity index (χ1) is 13.4. The number of anilines is 1. The number of rotatable bonds is 4. The number of imidazole rings is 1. The second-order valence-corrected chi connectivity index (χ2v) is 6.50. The maximum absolute atomic E-state index is 4.47. The lowest BCUT2D eigenvalue weighted by atomic mass is 10.1. The molecule has 27 heavy (non-hydrogen) atoms. The third-order valence-corrected chi connectivity index (χ3v) is 4.80. The molecule has 3 aromatic carbocycles. The molecule has 2 aromatic heterocycles. The molecule has 5 aromatic rings. The van der Waals surface area contributed by atoms with Crippen molar-refractivity contribution in [1.29, 1.82) is 0 Å². The van der Waals surface area contributed by atoms with Crippen LogP contribution in [0.4, 0.5) is 5.69 Å². The number of benzene rings is 3. The summed E-state index contributed by atoms with van der Waals surface area (Å²) in [6, 6.07) is 26.9. The molecule has 0 spiro atoms. The second kappa shape index (κ2) is 6.57. The highest BCUT2D eigenvalue weighted by Crippen LogP contribution is 2.22. The van der Waals surface area contributed by atoms with Gasteiger partial charge in [0.25, 0.3) is 0 Å². The molecule has 0 unspecified atom stereocenters. The van der Waals surface area contributed by atoms with Crippen LogP contribution in [0.5, 0.6) is 0 Å². The van der Waals surface area contributed by atoms with Crippen LogP contribution in [0.3, 0.4) is 0 Å². The van der Waals surface area contributed by atoms with E-state index in [4.69, 9.17) is 0 Å². The fourth-order valence-corrected chi connectivity index (χ4v) is 3.39. The number of para-hydroxylation sites is 3. The number of hydrogen-bond acceptors (Lipinski definition) is 3. The quantitative estimate of drug-likeness (QED) is 0.485. The Morgan fingerprint density at radius 1 is 0.741 bits per heavy atom. The standard InChI is InChI=1S/C23H18N4/c1-2-6-20-19(5-1)21(13-14-24-20)25-15-17-9-11-18(12-10-17)27-16-26-22-7-3-4-8-23(22)27/h1-14,16H,15H2,(H,24,25). The van der Waals surface area contributed by atoms with Crippen LogP contribution in [0.25, 0.3) is 27.6 Å². The Labute approximate surface area is 157 Å². The monoisotopic (exact) mass is 350 g/mol. The van der Waals surface area contributed by atoms with Crippen LogP contribution in [0.15, 0.2) is 91.4 Å². The zero-order valence-electron chi connectivity index (χ0n) is 14.7. The Morgan fingerprint density at radius 2 is 1.52 bits per heavy atom. The van der Waals surface area contributed by atoms with Gasteiger partial charge in [-0.25, -0.2) is 4.98 Å². The molecule has 130 valence electrons. The Bertz CT molecular complexity index is 1220. The van der Waals surface area contributed by atoms with E-state index in [0.717, 1.165) is 39.9 Å². The maximum Gasteiger partial charge on any atom is 0.100 e. The van der Waals surface area contributed by atoms with Gasteiger partial charge in [-0.15, -0.1) is 0 Å². The zero-order chi connectivity index (χ0) is 18.1. The first-order valence-electron chi connectivity index (χ1n) is 8.97. The van der Waals surface area contributed by atoms with Gasteiger partial charge >= 0.3 is 0 Å². The largest absolute Gasteiger partial charge is 0.380 e. The van der Waals surface area contributed by atoms with Crippen molar-refractivity contribution < 1.29 is 0 Å². The van der Waals surface area contributed by atoms with E-state index in [1.165, 1.54) is 5.56 Å². The Kier molecular flexibility index (Phi) is 3.79. The highest BCUT2D eigenvalue weighted by atomic mass is 15.0. The van der Waals surface area contributed by atoms with E-state index in [9.17, 15) is 0 Å². The van der Waals surface area contributed by atoms with Gasteiger partial charge in [-0.3, -0.25) is 9.55 Å². The Balaban J connectivity index is 1.38. The molecule has 0 radical (unpaired) electrons. The van der Waals surface area contributed by atoms with E-state index in [0.29, 0.717) is 0 Å². The lowest BCUT2D eigenvalue weighted by Crippen LogP contribution is -2.01. The summed E-state index contributed by atoms with van der Waals surface area (Å²) >= 11 is 0. The summed E-state index contributed by atoms with van der Waals surface area (Å²) < 4.78 is 2.11. The van der Waals surface area contributed by atoms with Gasteiger partial charge in [0.05, 0.1) is 16.6 Å². The lowest BCUT2D eigenvalue weighted by Gasteiger charge is -2.10. The van der Waals surface area contributed by atoms with Crippen molar-refractivity contribution in [2.75, 3.05) is 5.32 Å². The van der Waals surface area contributed by atoms with Crippen LogP contribution in [0, 0.1) is 0 Å². The highest BCUT2D eigenvalue weighted by molar-refractivity contribution is 5.90. The fourth-order valence-electron chi connectivity index (χ4n) is 3.39. The molecule has 1 N–H and O–H groups in total. The summed E-state index contributed by atoms with van der Waals surface area (Å²) in [4.78, 5) is 8.88. The number of hydrogen-bond donors (Lipinski definition) is 1. The van der Waals surface area contributed by atoms with Crippen LogP contribution < -0.4 is 5.32 Å². The number of nitrogens with one attached hydrogen (secondary N) is 1. The molecule has 5 rings (SSSR count). The first-order valence-corrected chi connectivity index (χ1v) is 8.97. The van der Waals surface area contributed by atoms with Crippen molar-refractivity contribution in [3.05, 3.63) is 97.0 Å².